The number of hydrogen-bond donors (Lipinski definition) is 0. The third-order valence-corrected chi connectivity index (χ3v) is 7.14. The summed E-state index contributed by atoms with van der Waals surface area (Å²) in [5.41, 5.74) is 0.577. The van der Waals surface area contributed by atoms with Crippen LogP contribution >= 0.6 is 11.6 Å². The van der Waals surface area contributed by atoms with E-state index in [4.69, 9.17) is 16.3 Å². The Hall–Kier alpha value is -2.54. The number of piperidine rings is 1. The molecule has 0 bridgehead atoms. The summed E-state index contributed by atoms with van der Waals surface area (Å²) in [5.74, 6) is -1.01. The zero-order chi connectivity index (χ0) is 21.8. The van der Waals surface area contributed by atoms with Crippen LogP contribution in [-0.4, -0.2) is 40.0 Å². The molecule has 1 heterocycles. The second kappa shape index (κ2) is 9.73. The molecule has 0 spiro atoms. The molecule has 1 atom stereocenters. The predicted octanol–water partition coefficient (Wildman–Crippen LogP) is 5.04. The van der Waals surface area contributed by atoms with Crippen molar-refractivity contribution in [1.29, 1.82) is 0 Å². The Labute approximate surface area is 188 Å². The van der Waals surface area contributed by atoms with Gasteiger partial charge in [-0.2, -0.15) is 0 Å². The fraction of sp³-hybridized carbons (Fsp3) is 0.250. The zero-order valence-electron chi connectivity index (χ0n) is 16.9. The number of halogens is 1. The standard InChI is InChI=1S/C24H22ClNO4S/c25-22-11-10-20(31(29)26-12-4-1-5-13-26)15-21(22)24(28)30-16-23(27)19-9-8-17-6-2-3-7-18(17)14-19/h2-3,6-11,14-15H,1,4-5,12-13,16H2. The monoisotopic (exact) mass is 455 g/mol. The van der Waals surface area contributed by atoms with Gasteiger partial charge in [0.15, 0.2) is 12.4 Å². The third kappa shape index (κ3) is 5.03. The first-order valence-corrected chi connectivity index (χ1v) is 11.7. The predicted molar refractivity (Wildman–Crippen MR) is 122 cm³/mol. The highest BCUT2D eigenvalue weighted by Crippen LogP contribution is 2.24. The molecule has 1 saturated heterocycles. The van der Waals surface area contributed by atoms with Crippen molar-refractivity contribution < 1.29 is 18.5 Å². The number of hydrogen-bond acceptors (Lipinski definition) is 4. The van der Waals surface area contributed by atoms with Crippen molar-refractivity contribution in [3.8, 4) is 0 Å². The fourth-order valence-corrected chi connectivity index (χ4v) is 5.09. The maximum Gasteiger partial charge on any atom is 0.340 e. The summed E-state index contributed by atoms with van der Waals surface area (Å²) >= 11 is 6.18. The largest absolute Gasteiger partial charge is 0.454 e. The number of ether oxygens (including phenoxy) is 1. The lowest BCUT2D eigenvalue weighted by Gasteiger charge is -2.25. The smallest absolute Gasteiger partial charge is 0.340 e. The summed E-state index contributed by atoms with van der Waals surface area (Å²) in [6.45, 7) is 1.12. The van der Waals surface area contributed by atoms with Gasteiger partial charge < -0.3 is 4.74 Å². The minimum Gasteiger partial charge on any atom is -0.454 e. The van der Waals surface area contributed by atoms with Gasteiger partial charge in [0.05, 0.1) is 15.5 Å². The highest BCUT2D eigenvalue weighted by molar-refractivity contribution is 7.82. The summed E-state index contributed by atoms with van der Waals surface area (Å²) < 4.78 is 20.0. The molecule has 1 unspecified atom stereocenters. The topological polar surface area (TPSA) is 63.7 Å². The summed E-state index contributed by atoms with van der Waals surface area (Å²) in [5, 5.41) is 2.17. The first-order chi connectivity index (χ1) is 15.0. The number of nitrogens with zero attached hydrogens (tertiary/aromatic N) is 1. The van der Waals surface area contributed by atoms with Crippen molar-refractivity contribution in [3.05, 3.63) is 76.8 Å². The second-order valence-corrected chi connectivity index (χ2v) is 9.34. The molecular weight excluding hydrogens is 434 g/mol. The molecular formula is C24H22ClNO4S. The van der Waals surface area contributed by atoms with Gasteiger partial charge in [-0.15, -0.1) is 0 Å². The van der Waals surface area contributed by atoms with Crippen LogP contribution in [0.4, 0.5) is 0 Å². The highest BCUT2D eigenvalue weighted by Gasteiger charge is 2.21. The van der Waals surface area contributed by atoms with Crippen molar-refractivity contribution in [2.24, 2.45) is 0 Å². The summed E-state index contributed by atoms with van der Waals surface area (Å²) in [6, 6.07) is 17.8. The Morgan fingerprint density at radius 3 is 2.45 bits per heavy atom. The van der Waals surface area contributed by atoms with E-state index < -0.39 is 23.6 Å². The molecule has 160 valence electrons. The van der Waals surface area contributed by atoms with Crippen molar-refractivity contribution in [2.75, 3.05) is 19.7 Å². The molecule has 7 heteroatoms. The number of benzene rings is 3. The van der Waals surface area contributed by atoms with Gasteiger partial charge in [-0.05, 0) is 47.9 Å². The second-order valence-electron chi connectivity index (χ2n) is 7.44. The highest BCUT2D eigenvalue weighted by atomic mass is 35.5. The molecule has 3 aromatic carbocycles. The van der Waals surface area contributed by atoms with Crippen molar-refractivity contribution in [1.82, 2.24) is 4.31 Å². The molecule has 31 heavy (non-hydrogen) atoms. The average Bonchev–Trinajstić information content (AvgIpc) is 2.82. The van der Waals surface area contributed by atoms with Crippen LogP contribution in [0, 0.1) is 0 Å². The Kier molecular flexibility index (Phi) is 6.80. The van der Waals surface area contributed by atoms with E-state index in [0.717, 1.165) is 43.1 Å². The van der Waals surface area contributed by atoms with Crippen molar-refractivity contribution in [2.45, 2.75) is 24.2 Å². The minimum absolute atomic E-state index is 0.107. The van der Waals surface area contributed by atoms with Crippen LogP contribution in [0.25, 0.3) is 10.8 Å². The van der Waals surface area contributed by atoms with Crippen LogP contribution in [0.2, 0.25) is 5.02 Å². The number of fused-ring (bicyclic) bond motifs is 1. The number of esters is 1. The molecule has 5 nitrogen and oxygen atoms in total. The number of Topliss-reactive ketones (excluding diaryl/α,β-unsaturated/α-hetero) is 1. The van der Waals surface area contributed by atoms with Gasteiger partial charge in [-0.1, -0.05) is 54.4 Å². The Bertz CT molecular complexity index is 1160. The first-order valence-electron chi connectivity index (χ1n) is 10.2. The van der Waals surface area contributed by atoms with E-state index in [1.54, 1.807) is 24.3 Å². The molecule has 0 amide bonds. The van der Waals surface area contributed by atoms with Crippen LogP contribution < -0.4 is 0 Å². The van der Waals surface area contributed by atoms with E-state index in [9.17, 15) is 13.8 Å². The van der Waals surface area contributed by atoms with Crippen LogP contribution in [0.3, 0.4) is 0 Å². The molecule has 0 N–H and O–H groups in total. The normalized spacial score (nSPS) is 15.5. The minimum atomic E-state index is -1.36. The quantitative estimate of drug-likeness (QED) is 0.386. The van der Waals surface area contributed by atoms with Gasteiger partial charge in [0.25, 0.3) is 0 Å². The molecule has 4 rings (SSSR count). The van der Waals surface area contributed by atoms with E-state index in [1.165, 1.54) is 6.07 Å². The molecule has 3 aromatic rings. The molecule has 1 aliphatic rings. The molecule has 0 aromatic heterocycles. The van der Waals surface area contributed by atoms with Gasteiger partial charge >= 0.3 is 5.97 Å². The molecule has 1 fully saturated rings. The third-order valence-electron chi connectivity index (χ3n) is 5.31. The summed E-state index contributed by atoms with van der Waals surface area (Å²) in [7, 11) is -1.36. The fourth-order valence-electron chi connectivity index (χ4n) is 3.60. The lowest BCUT2D eigenvalue weighted by Crippen LogP contribution is -2.31. The van der Waals surface area contributed by atoms with Gasteiger partial charge in [-0.3, -0.25) is 4.79 Å². The van der Waals surface area contributed by atoms with E-state index in [0.29, 0.717) is 10.5 Å². The first kappa shape index (κ1) is 21.7. The molecule has 1 aliphatic heterocycles. The Morgan fingerprint density at radius 1 is 0.935 bits per heavy atom. The van der Waals surface area contributed by atoms with Gasteiger partial charge in [0, 0.05) is 18.7 Å². The van der Waals surface area contributed by atoms with E-state index in [1.807, 2.05) is 34.6 Å². The van der Waals surface area contributed by atoms with Crippen LogP contribution in [-0.2, 0) is 15.7 Å². The molecule has 0 radical (unpaired) electrons. The summed E-state index contributed by atoms with van der Waals surface area (Å²) in [6.07, 6.45) is 3.15. The Balaban J connectivity index is 1.45. The van der Waals surface area contributed by atoms with E-state index >= 15 is 0 Å². The lowest BCUT2D eigenvalue weighted by molar-refractivity contribution is 0.0474. The van der Waals surface area contributed by atoms with Crippen LogP contribution in [0.1, 0.15) is 40.0 Å². The summed E-state index contributed by atoms with van der Waals surface area (Å²) in [4.78, 5) is 25.6. The zero-order valence-corrected chi connectivity index (χ0v) is 18.5. The number of ketones is 1. The van der Waals surface area contributed by atoms with Gasteiger partial charge in [0.2, 0.25) is 0 Å². The van der Waals surface area contributed by atoms with Crippen molar-refractivity contribution in [3.63, 3.8) is 0 Å². The number of carbonyl (C=O) groups is 2. The molecule has 0 saturated carbocycles. The van der Waals surface area contributed by atoms with Crippen LogP contribution in [0.15, 0.2) is 65.6 Å². The maximum absolute atomic E-state index is 12.8. The van der Waals surface area contributed by atoms with Gasteiger partial charge in [-0.25, -0.2) is 13.3 Å². The maximum atomic E-state index is 12.8. The van der Waals surface area contributed by atoms with Gasteiger partial charge in [0.1, 0.15) is 11.0 Å². The van der Waals surface area contributed by atoms with Crippen molar-refractivity contribution >= 4 is 45.1 Å². The van der Waals surface area contributed by atoms with E-state index in [2.05, 4.69) is 0 Å². The Morgan fingerprint density at radius 2 is 1.68 bits per heavy atom. The molecule has 0 aliphatic carbocycles. The number of rotatable bonds is 6. The lowest BCUT2D eigenvalue weighted by atomic mass is 10.0. The SMILES string of the molecule is O=C(COC(=O)c1cc(S(=O)N2CCCCC2)ccc1Cl)c1ccc2ccccc2c1. The number of carbonyl (C=O) groups excluding carboxylic acids is 2. The average molecular weight is 456 g/mol. The van der Waals surface area contributed by atoms with Crippen LogP contribution in [0.5, 0.6) is 0 Å². The van der Waals surface area contributed by atoms with E-state index in [-0.39, 0.29) is 16.4 Å².